The number of methoxy groups -OCH3 is 2. The lowest BCUT2D eigenvalue weighted by molar-refractivity contribution is -0.147. The first-order chi connectivity index (χ1) is 7.58. The Hall–Kier alpha value is -1.23. The second kappa shape index (κ2) is 5.75. The fourth-order valence-electron chi connectivity index (χ4n) is 1.13. The highest BCUT2D eigenvalue weighted by atomic mass is 79.9. The van der Waals surface area contributed by atoms with Gasteiger partial charge in [-0.1, -0.05) is 0 Å². The van der Waals surface area contributed by atoms with Gasteiger partial charge in [0.2, 0.25) is 0 Å². The maximum atomic E-state index is 11.1. The molecule has 0 saturated heterocycles. The number of esters is 1. The Morgan fingerprint density at radius 2 is 2.06 bits per heavy atom. The van der Waals surface area contributed by atoms with Gasteiger partial charge in [0, 0.05) is 6.07 Å². The van der Waals surface area contributed by atoms with Crippen LogP contribution in [0.2, 0.25) is 0 Å². The summed E-state index contributed by atoms with van der Waals surface area (Å²) >= 11 is 3.33. The summed E-state index contributed by atoms with van der Waals surface area (Å²) in [5.41, 5.74) is 0. The van der Waals surface area contributed by atoms with E-state index in [4.69, 9.17) is 9.47 Å². The van der Waals surface area contributed by atoms with Gasteiger partial charge in [-0.2, -0.15) is 0 Å². The summed E-state index contributed by atoms with van der Waals surface area (Å²) in [6, 6.07) is 5.23. The van der Waals surface area contributed by atoms with Crippen molar-refractivity contribution >= 4 is 21.9 Å². The highest BCUT2D eigenvalue weighted by Gasteiger charge is 2.15. The summed E-state index contributed by atoms with van der Waals surface area (Å²) in [7, 11) is 2.89. The van der Waals surface area contributed by atoms with Crippen LogP contribution >= 0.6 is 15.9 Å². The second-order valence-corrected chi connectivity index (χ2v) is 3.93. The van der Waals surface area contributed by atoms with E-state index in [9.17, 15) is 4.79 Å². The molecule has 5 heteroatoms. The van der Waals surface area contributed by atoms with Gasteiger partial charge in [-0.15, -0.1) is 0 Å². The molecule has 0 aromatic heterocycles. The lowest BCUT2D eigenvalue weighted by Crippen LogP contribution is -2.24. The van der Waals surface area contributed by atoms with E-state index in [-0.39, 0.29) is 0 Å². The average molecular weight is 289 g/mol. The molecular weight excluding hydrogens is 276 g/mol. The van der Waals surface area contributed by atoms with Crippen LogP contribution in [0.25, 0.3) is 0 Å². The van der Waals surface area contributed by atoms with E-state index in [0.29, 0.717) is 11.5 Å². The fourth-order valence-corrected chi connectivity index (χ4v) is 1.54. The summed E-state index contributed by atoms with van der Waals surface area (Å²) in [4.78, 5) is 11.1. The SMILES string of the molecule is COC(=O)C(C)Oc1ccc(Br)c(OC)c1. The van der Waals surface area contributed by atoms with E-state index >= 15 is 0 Å². The summed E-state index contributed by atoms with van der Waals surface area (Å²) in [5.74, 6) is 0.786. The summed E-state index contributed by atoms with van der Waals surface area (Å²) in [6.45, 7) is 1.63. The van der Waals surface area contributed by atoms with Gasteiger partial charge >= 0.3 is 5.97 Å². The molecule has 0 amide bonds. The first-order valence-corrected chi connectivity index (χ1v) is 5.45. The monoisotopic (exact) mass is 288 g/mol. The molecule has 0 heterocycles. The van der Waals surface area contributed by atoms with Crippen LogP contribution in [0.15, 0.2) is 22.7 Å². The molecule has 4 nitrogen and oxygen atoms in total. The maximum absolute atomic E-state index is 11.1. The Morgan fingerprint density at radius 1 is 1.38 bits per heavy atom. The summed E-state index contributed by atoms with van der Waals surface area (Å²) in [6.07, 6.45) is -0.643. The lowest BCUT2D eigenvalue weighted by atomic mass is 10.3. The van der Waals surface area contributed by atoms with Crippen LogP contribution < -0.4 is 9.47 Å². The van der Waals surface area contributed by atoms with E-state index in [1.807, 2.05) is 0 Å². The number of halogens is 1. The summed E-state index contributed by atoms with van der Waals surface area (Å²) in [5, 5.41) is 0. The smallest absolute Gasteiger partial charge is 0.346 e. The van der Waals surface area contributed by atoms with Crippen molar-refractivity contribution in [3.05, 3.63) is 22.7 Å². The van der Waals surface area contributed by atoms with E-state index in [2.05, 4.69) is 20.7 Å². The predicted molar refractivity (Wildman–Crippen MR) is 62.8 cm³/mol. The number of carbonyl (C=O) groups is 1. The highest BCUT2D eigenvalue weighted by Crippen LogP contribution is 2.29. The molecule has 0 spiro atoms. The first-order valence-electron chi connectivity index (χ1n) is 4.66. The van der Waals surface area contributed by atoms with E-state index in [1.54, 1.807) is 32.2 Å². The Kier molecular flexibility index (Phi) is 4.61. The Morgan fingerprint density at radius 3 is 2.62 bits per heavy atom. The zero-order chi connectivity index (χ0) is 12.1. The number of ether oxygens (including phenoxy) is 3. The number of hydrogen-bond donors (Lipinski definition) is 0. The third kappa shape index (κ3) is 3.13. The molecule has 1 rings (SSSR count). The zero-order valence-electron chi connectivity index (χ0n) is 9.32. The molecule has 16 heavy (non-hydrogen) atoms. The fraction of sp³-hybridized carbons (Fsp3) is 0.364. The van der Waals surface area contributed by atoms with Crippen LogP contribution in [0, 0.1) is 0 Å². The lowest BCUT2D eigenvalue weighted by Gasteiger charge is -2.13. The molecule has 1 aromatic carbocycles. The molecule has 0 fully saturated rings. The predicted octanol–water partition coefficient (Wildman–Crippen LogP) is 2.40. The van der Waals surface area contributed by atoms with E-state index in [0.717, 1.165) is 4.47 Å². The largest absolute Gasteiger partial charge is 0.495 e. The Bertz CT molecular complexity index is 378. The van der Waals surface area contributed by atoms with Gasteiger partial charge in [-0.25, -0.2) is 4.79 Å². The van der Waals surface area contributed by atoms with Crippen molar-refractivity contribution in [3.8, 4) is 11.5 Å². The van der Waals surface area contributed by atoms with Gasteiger partial charge < -0.3 is 14.2 Å². The van der Waals surface area contributed by atoms with Crippen LogP contribution in [0.4, 0.5) is 0 Å². The molecule has 1 aromatic rings. The van der Waals surface area contributed by atoms with Crippen molar-refractivity contribution < 1.29 is 19.0 Å². The van der Waals surface area contributed by atoms with Crippen LogP contribution in [-0.2, 0) is 9.53 Å². The molecule has 0 saturated carbocycles. The molecule has 1 atom stereocenters. The van der Waals surface area contributed by atoms with Crippen LogP contribution in [0.5, 0.6) is 11.5 Å². The topological polar surface area (TPSA) is 44.8 Å². The zero-order valence-corrected chi connectivity index (χ0v) is 10.9. The molecular formula is C11H13BrO4. The third-order valence-electron chi connectivity index (χ3n) is 1.97. The van der Waals surface area contributed by atoms with Gasteiger partial charge in [0.05, 0.1) is 18.7 Å². The van der Waals surface area contributed by atoms with Gasteiger partial charge in [-0.05, 0) is 35.0 Å². The number of carbonyl (C=O) groups excluding carboxylic acids is 1. The quantitative estimate of drug-likeness (QED) is 0.798. The molecule has 0 aliphatic carbocycles. The number of benzene rings is 1. The van der Waals surface area contributed by atoms with Crippen LogP contribution in [0.3, 0.4) is 0 Å². The van der Waals surface area contributed by atoms with E-state index < -0.39 is 12.1 Å². The molecule has 0 aliphatic rings. The third-order valence-corrected chi connectivity index (χ3v) is 2.62. The minimum Gasteiger partial charge on any atom is -0.495 e. The first kappa shape index (κ1) is 12.8. The van der Waals surface area contributed by atoms with Crippen molar-refractivity contribution in [2.45, 2.75) is 13.0 Å². The van der Waals surface area contributed by atoms with Crippen LogP contribution in [-0.4, -0.2) is 26.3 Å². The number of rotatable bonds is 4. The molecule has 0 N–H and O–H groups in total. The van der Waals surface area contributed by atoms with Crippen LogP contribution in [0.1, 0.15) is 6.92 Å². The normalized spacial score (nSPS) is 11.8. The van der Waals surface area contributed by atoms with Crippen molar-refractivity contribution in [1.29, 1.82) is 0 Å². The molecule has 0 bridgehead atoms. The van der Waals surface area contributed by atoms with Crippen molar-refractivity contribution in [3.63, 3.8) is 0 Å². The van der Waals surface area contributed by atoms with Gasteiger partial charge in [0.15, 0.2) is 6.10 Å². The van der Waals surface area contributed by atoms with Gasteiger partial charge in [-0.3, -0.25) is 0 Å². The summed E-state index contributed by atoms with van der Waals surface area (Å²) < 4.78 is 15.9. The van der Waals surface area contributed by atoms with Crippen molar-refractivity contribution in [2.75, 3.05) is 14.2 Å². The Labute approximate surface area is 103 Å². The van der Waals surface area contributed by atoms with Gasteiger partial charge in [0.25, 0.3) is 0 Å². The molecule has 0 radical (unpaired) electrons. The molecule has 88 valence electrons. The minimum atomic E-state index is -0.643. The maximum Gasteiger partial charge on any atom is 0.346 e. The number of hydrogen-bond acceptors (Lipinski definition) is 4. The molecule has 0 aliphatic heterocycles. The second-order valence-electron chi connectivity index (χ2n) is 3.08. The average Bonchev–Trinajstić information content (AvgIpc) is 2.30. The van der Waals surface area contributed by atoms with Crippen molar-refractivity contribution in [2.24, 2.45) is 0 Å². The minimum absolute atomic E-state index is 0.415. The van der Waals surface area contributed by atoms with E-state index in [1.165, 1.54) is 7.11 Å². The van der Waals surface area contributed by atoms with Gasteiger partial charge in [0.1, 0.15) is 11.5 Å². The Balaban J connectivity index is 2.78. The molecule has 1 unspecified atom stereocenters. The standard InChI is InChI=1S/C11H13BrO4/c1-7(11(13)15-3)16-8-4-5-9(12)10(6-8)14-2/h4-7H,1-3H3. The van der Waals surface area contributed by atoms with Crippen molar-refractivity contribution in [1.82, 2.24) is 0 Å². The highest BCUT2D eigenvalue weighted by molar-refractivity contribution is 9.10.